The highest BCUT2D eigenvalue weighted by molar-refractivity contribution is 5.40. The molecule has 0 spiro atoms. The molecule has 0 amide bonds. The minimum absolute atomic E-state index is 0.0202. The summed E-state index contributed by atoms with van der Waals surface area (Å²) >= 11 is 0. The number of hydrogen-bond acceptors (Lipinski definition) is 5. The van der Waals surface area contributed by atoms with Gasteiger partial charge in [0.1, 0.15) is 6.10 Å². The molecule has 1 aromatic rings. The maximum Gasteiger partial charge on any atom is 0.269 e. The molecular formula is C12H18N2O4. The molecule has 0 heterocycles. The molecule has 100 valence electrons. The van der Waals surface area contributed by atoms with E-state index >= 15 is 0 Å². The molecule has 0 aromatic heterocycles. The molecule has 6 heteroatoms. The van der Waals surface area contributed by atoms with Gasteiger partial charge in [0.05, 0.1) is 11.0 Å². The molecule has 1 aromatic carbocycles. The van der Waals surface area contributed by atoms with Crippen LogP contribution in [-0.4, -0.2) is 34.8 Å². The van der Waals surface area contributed by atoms with E-state index in [0.717, 1.165) is 0 Å². The number of nitrogens with zero attached hydrogens (tertiary/aromatic N) is 1. The van der Waals surface area contributed by atoms with Gasteiger partial charge in [-0.25, -0.2) is 0 Å². The molecule has 0 radical (unpaired) electrons. The van der Waals surface area contributed by atoms with Gasteiger partial charge < -0.3 is 15.5 Å². The molecule has 18 heavy (non-hydrogen) atoms. The van der Waals surface area contributed by atoms with E-state index in [4.69, 9.17) is 0 Å². The van der Waals surface area contributed by atoms with Gasteiger partial charge in [-0.15, -0.1) is 0 Å². The van der Waals surface area contributed by atoms with Gasteiger partial charge in [-0.2, -0.15) is 0 Å². The first-order chi connectivity index (χ1) is 8.47. The monoisotopic (exact) mass is 254 g/mol. The number of nitro benzene ring substituents is 1. The van der Waals surface area contributed by atoms with Crippen molar-refractivity contribution >= 4 is 5.69 Å². The Kier molecular flexibility index (Phi) is 5.21. The predicted molar refractivity (Wildman–Crippen MR) is 67.3 cm³/mol. The van der Waals surface area contributed by atoms with Gasteiger partial charge in [0.15, 0.2) is 0 Å². The van der Waals surface area contributed by atoms with E-state index in [1.807, 2.05) is 0 Å². The van der Waals surface area contributed by atoms with Crippen molar-refractivity contribution in [1.82, 2.24) is 5.32 Å². The molecule has 2 unspecified atom stereocenters. The zero-order valence-corrected chi connectivity index (χ0v) is 10.5. The average Bonchev–Trinajstić information content (AvgIpc) is 2.34. The highest BCUT2D eigenvalue weighted by atomic mass is 16.6. The van der Waals surface area contributed by atoms with Crippen LogP contribution in [0.15, 0.2) is 18.2 Å². The van der Waals surface area contributed by atoms with Crippen LogP contribution >= 0.6 is 0 Å². The Balaban J connectivity index is 2.86. The Hall–Kier alpha value is -1.50. The van der Waals surface area contributed by atoms with Gasteiger partial charge >= 0.3 is 0 Å². The van der Waals surface area contributed by atoms with Crippen molar-refractivity contribution in [3.63, 3.8) is 0 Å². The minimum Gasteiger partial charge on any atom is -0.390 e. The molecule has 6 nitrogen and oxygen atoms in total. The van der Waals surface area contributed by atoms with E-state index in [0.29, 0.717) is 24.1 Å². The van der Waals surface area contributed by atoms with E-state index < -0.39 is 17.1 Å². The third-order valence-electron chi connectivity index (χ3n) is 2.84. The van der Waals surface area contributed by atoms with Gasteiger partial charge in [-0.3, -0.25) is 10.1 Å². The summed E-state index contributed by atoms with van der Waals surface area (Å²) in [5.74, 6) is 0. The standard InChI is InChI=1S/C12H18N2O4/c1-8-7-9(14(17)18)3-4-10(8)12(16)11(15)5-6-13-2/h3-4,7,11-13,15-16H,5-6H2,1-2H3. The van der Waals surface area contributed by atoms with E-state index in [1.54, 1.807) is 14.0 Å². The van der Waals surface area contributed by atoms with Gasteiger partial charge in [-0.1, -0.05) is 0 Å². The smallest absolute Gasteiger partial charge is 0.269 e. The highest BCUT2D eigenvalue weighted by Gasteiger charge is 2.20. The Labute approximate surface area is 105 Å². The molecule has 0 aliphatic rings. The fraction of sp³-hybridized carbons (Fsp3) is 0.500. The lowest BCUT2D eigenvalue weighted by molar-refractivity contribution is -0.384. The number of benzene rings is 1. The zero-order chi connectivity index (χ0) is 13.7. The molecular weight excluding hydrogens is 236 g/mol. The van der Waals surface area contributed by atoms with Crippen LogP contribution in [0.4, 0.5) is 5.69 Å². The number of aliphatic hydroxyl groups excluding tert-OH is 2. The summed E-state index contributed by atoms with van der Waals surface area (Å²) in [5, 5.41) is 33.2. The average molecular weight is 254 g/mol. The van der Waals surface area contributed by atoms with Crippen LogP contribution in [0.5, 0.6) is 0 Å². The van der Waals surface area contributed by atoms with Crippen molar-refractivity contribution < 1.29 is 15.1 Å². The topological polar surface area (TPSA) is 95.6 Å². The van der Waals surface area contributed by atoms with Crippen LogP contribution in [0.1, 0.15) is 23.7 Å². The first kappa shape index (κ1) is 14.6. The maximum absolute atomic E-state index is 10.6. The van der Waals surface area contributed by atoms with Crippen LogP contribution in [0, 0.1) is 17.0 Å². The number of aliphatic hydroxyl groups is 2. The van der Waals surface area contributed by atoms with Gasteiger partial charge in [0.2, 0.25) is 0 Å². The summed E-state index contributed by atoms with van der Waals surface area (Å²) in [5.41, 5.74) is 1.09. The molecule has 0 aliphatic heterocycles. The van der Waals surface area contributed by atoms with Crippen LogP contribution in [0.2, 0.25) is 0 Å². The van der Waals surface area contributed by atoms with Crippen LogP contribution in [0.25, 0.3) is 0 Å². The molecule has 0 aliphatic carbocycles. The van der Waals surface area contributed by atoms with Crippen molar-refractivity contribution in [2.24, 2.45) is 0 Å². The summed E-state index contributed by atoms with van der Waals surface area (Å²) in [6.45, 7) is 2.26. The largest absolute Gasteiger partial charge is 0.390 e. The Morgan fingerprint density at radius 2 is 2.11 bits per heavy atom. The van der Waals surface area contributed by atoms with E-state index in [9.17, 15) is 20.3 Å². The normalized spacial score (nSPS) is 14.2. The molecule has 1 rings (SSSR count). The second kappa shape index (κ2) is 6.44. The first-order valence-corrected chi connectivity index (χ1v) is 5.73. The lowest BCUT2D eigenvalue weighted by Crippen LogP contribution is -2.23. The van der Waals surface area contributed by atoms with E-state index in [-0.39, 0.29) is 5.69 Å². The van der Waals surface area contributed by atoms with Crippen LogP contribution in [-0.2, 0) is 0 Å². The predicted octanol–water partition coefficient (Wildman–Crippen LogP) is 0.907. The lowest BCUT2D eigenvalue weighted by Gasteiger charge is -2.19. The molecule has 3 N–H and O–H groups in total. The minimum atomic E-state index is -1.03. The Bertz CT molecular complexity index is 423. The fourth-order valence-electron chi connectivity index (χ4n) is 1.76. The SMILES string of the molecule is CNCCC(O)C(O)c1ccc([N+](=O)[O-])cc1C. The van der Waals surface area contributed by atoms with Crippen molar-refractivity contribution in [2.45, 2.75) is 25.6 Å². The Morgan fingerprint density at radius 3 is 2.61 bits per heavy atom. The summed E-state index contributed by atoms with van der Waals surface area (Å²) in [6, 6.07) is 4.21. The zero-order valence-electron chi connectivity index (χ0n) is 10.5. The fourth-order valence-corrected chi connectivity index (χ4v) is 1.76. The highest BCUT2D eigenvalue weighted by Crippen LogP contribution is 2.25. The summed E-state index contributed by atoms with van der Waals surface area (Å²) in [6.07, 6.45) is -1.51. The molecule has 0 saturated heterocycles. The molecule has 0 fully saturated rings. The number of nitrogens with one attached hydrogen (secondary N) is 1. The summed E-state index contributed by atoms with van der Waals surface area (Å²) in [7, 11) is 1.76. The van der Waals surface area contributed by atoms with Crippen LogP contribution in [0.3, 0.4) is 0 Å². The third kappa shape index (κ3) is 3.49. The van der Waals surface area contributed by atoms with E-state index in [1.165, 1.54) is 18.2 Å². The van der Waals surface area contributed by atoms with Crippen LogP contribution < -0.4 is 5.32 Å². The second-order valence-corrected chi connectivity index (χ2v) is 4.20. The number of rotatable bonds is 6. The quantitative estimate of drug-likeness (QED) is 0.518. The number of nitro groups is 1. The van der Waals surface area contributed by atoms with Crippen molar-refractivity contribution in [3.8, 4) is 0 Å². The summed E-state index contributed by atoms with van der Waals surface area (Å²) in [4.78, 5) is 10.1. The van der Waals surface area contributed by atoms with Gasteiger partial charge in [0.25, 0.3) is 5.69 Å². The van der Waals surface area contributed by atoms with Crippen molar-refractivity contribution in [3.05, 3.63) is 39.4 Å². The number of aryl methyl sites for hydroxylation is 1. The maximum atomic E-state index is 10.6. The number of non-ortho nitro benzene ring substituents is 1. The first-order valence-electron chi connectivity index (χ1n) is 5.73. The molecule has 0 bridgehead atoms. The number of hydrogen-bond donors (Lipinski definition) is 3. The third-order valence-corrected chi connectivity index (χ3v) is 2.84. The van der Waals surface area contributed by atoms with Gasteiger partial charge in [0, 0.05) is 12.1 Å². The van der Waals surface area contributed by atoms with Gasteiger partial charge in [-0.05, 0) is 44.1 Å². The van der Waals surface area contributed by atoms with E-state index in [2.05, 4.69) is 5.32 Å². The summed E-state index contributed by atoms with van der Waals surface area (Å²) < 4.78 is 0. The lowest BCUT2D eigenvalue weighted by atomic mass is 9.97. The molecule has 0 saturated carbocycles. The molecule has 2 atom stereocenters. The van der Waals surface area contributed by atoms with Crippen molar-refractivity contribution in [1.29, 1.82) is 0 Å². The Morgan fingerprint density at radius 1 is 1.44 bits per heavy atom. The van der Waals surface area contributed by atoms with Crippen molar-refractivity contribution in [2.75, 3.05) is 13.6 Å². The second-order valence-electron chi connectivity index (χ2n) is 4.20.